The van der Waals surface area contributed by atoms with Gasteiger partial charge in [0.25, 0.3) is 0 Å². The molecule has 92 valence electrons. The number of ether oxygens (including phenoxy) is 1. The summed E-state index contributed by atoms with van der Waals surface area (Å²) in [5.74, 6) is 0.689. The number of hydrogen-bond donors (Lipinski definition) is 0. The highest BCUT2D eigenvalue weighted by molar-refractivity contribution is 9.10. The Kier molecular flexibility index (Phi) is 3.68. The topological polar surface area (TPSA) is 50.8 Å². The van der Waals surface area contributed by atoms with Gasteiger partial charge in [0.15, 0.2) is 5.75 Å². The molecule has 0 saturated carbocycles. The third-order valence-corrected chi connectivity index (χ3v) is 2.75. The van der Waals surface area contributed by atoms with Crippen molar-refractivity contribution in [2.75, 3.05) is 0 Å². The maximum absolute atomic E-state index is 9.09. The van der Waals surface area contributed by atoms with E-state index < -0.39 is 0 Å². The molecule has 1 heterocycles. The van der Waals surface area contributed by atoms with Crippen molar-refractivity contribution in [3.63, 3.8) is 0 Å². The minimum absolute atomic E-state index is 0.0978. The van der Waals surface area contributed by atoms with E-state index in [9.17, 15) is 0 Å². The lowest BCUT2D eigenvalue weighted by Gasteiger charge is -2.06. The van der Waals surface area contributed by atoms with Gasteiger partial charge in [-0.05, 0) is 32.0 Å². The van der Waals surface area contributed by atoms with Gasteiger partial charge in [-0.25, -0.2) is 4.68 Å². The molecule has 2 rings (SSSR count). The van der Waals surface area contributed by atoms with Crippen LogP contribution in [0.4, 0.5) is 0 Å². The molecule has 0 aliphatic carbocycles. The van der Waals surface area contributed by atoms with Gasteiger partial charge in [0.1, 0.15) is 6.07 Å². The van der Waals surface area contributed by atoms with Crippen LogP contribution in [0.3, 0.4) is 0 Å². The van der Waals surface area contributed by atoms with Crippen LogP contribution in [-0.2, 0) is 0 Å². The summed E-state index contributed by atoms with van der Waals surface area (Å²) in [5, 5.41) is 13.3. The summed E-state index contributed by atoms with van der Waals surface area (Å²) in [4.78, 5) is 0. The van der Waals surface area contributed by atoms with Crippen molar-refractivity contribution in [2.45, 2.75) is 20.0 Å². The lowest BCUT2D eigenvalue weighted by atomic mass is 10.2. The van der Waals surface area contributed by atoms with E-state index in [1.165, 1.54) is 0 Å². The van der Waals surface area contributed by atoms with Crippen LogP contribution in [0.25, 0.3) is 5.69 Å². The van der Waals surface area contributed by atoms with Gasteiger partial charge in [-0.3, -0.25) is 0 Å². The smallest absolute Gasteiger partial charge is 0.158 e. The molecule has 0 aliphatic rings. The van der Waals surface area contributed by atoms with Crippen LogP contribution < -0.4 is 4.74 Å². The Morgan fingerprint density at radius 1 is 1.44 bits per heavy atom. The number of nitriles is 1. The summed E-state index contributed by atoms with van der Waals surface area (Å²) in [6, 6.07) is 7.59. The highest BCUT2D eigenvalue weighted by atomic mass is 79.9. The van der Waals surface area contributed by atoms with E-state index in [1.807, 2.05) is 26.0 Å². The molecule has 2 aromatic rings. The Hall–Kier alpha value is -1.80. The molecule has 4 nitrogen and oxygen atoms in total. The average Bonchev–Trinajstić information content (AvgIpc) is 2.76. The van der Waals surface area contributed by atoms with Gasteiger partial charge in [-0.1, -0.05) is 15.9 Å². The number of halogens is 1. The van der Waals surface area contributed by atoms with E-state index in [0.29, 0.717) is 11.3 Å². The largest absolute Gasteiger partial charge is 0.488 e. The second-order valence-corrected chi connectivity index (χ2v) is 4.98. The standard InChI is InChI=1S/C13H12BrN3O/c1-9(2)18-12-7-16-17(8-12)13-5-11(14)4-3-10(13)6-15/h3-5,7-9H,1-2H3. The Morgan fingerprint density at radius 3 is 2.89 bits per heavy atom. The molecule has 1 aromatic heterocycles. The molecule has 0 amide bonds. The van der Waals surface area contributed by atoms with Crippen molar-refractivity contribution in [1.29, 1.82) is 5.26 Å². The fourth-order valence-corrected chi connectivity index (χ4v) is 1.91. The zero-order chi connectivity index (χ0) is 13.1. The van der Waals surface area contributed by atoms with Crippen LogP contribution in [0.5, 0.6) is 5.75 Å². The van der Waals surface area contributed by atoms with E-state index in [0.717, 1.165) is 10.2 Å². The molecule has 18 heavy (non-hydrogen) atoms. The first-order chi connectivity index (χ1) is 8.60. The highest BCUT2D eigenvalue weighted by Gasteiger charge is 2.08. The maximum Gasteiger partial charge on any atom is 0.158 e. The van der Waals surface area contributed by atoms with Gasteiger partial charge in [0.2, 0.25) is 0 Å². The quantitative estimate of drug-likeness (QED) is 0.874. The summed E-state index contributed by atoms with van der Waals surface area (Å²) >= 11 is 3.39. The molecule has 0 spiro atoms. The minimum atomic E-state index is 0.0978. The summed E-state index contributed by atoms with van der Waals surface area (Å²) in [7, 11) is 0. The SMILES string of the molecule is CC(C)Oc1cnn(-c2cc(Br)ccc2C#N)c1. The first-order valence-electron chi connectivity index (χ1n) is 5.51. The fourth-order valence-electron chi connectivity index (χ4n) is 1.56. The first-order valence-corrected chi connectivity index (χ1v) is 6.31. The van der Waals surface area contributed by atoms with Gasteiger partial charge in [0, 0.05) is 4.47 Å². The third-order valence-electron chi connectivity index (χ3n) is 2.26. The minimum Gasteiger partial charge on any atom is -0.488 e. The lowest BCUT2D eigenvalue weighted by molar-refractivity contribution is 0.242. The molecule has 0 fully saturated rings. The summed E-state index contributed by atoms with van der Waals surface area (Å²) in [6.45, 7) is 3.91. The predicted molar refractivity (Wildman–Crippen MR) is 71.7 cm³/mol. The van der Waals surface area contributed by atoms with Crippen LogP contribution in [0.1, 0.15) is 19.4 Å². The molecule has 0 unspecified atom stereocenters. The van der Waals surface area contributed by atoms with E-state index in [4.69, 9.17) is 10.00 Å². The molecule has 0 radical (unpaired) electrons. The van der Waals surface area contributed by atoms with Gasteiger partial charge in [0.05, 0.1) is 29.7 Å². The molecule has 0 aliphatic heterocycles. The van der Waals surface area contributed by atoms with E-state index in [1.54, 1.807) is 23.1 Å². The van der Waals surface area contributed by atoms with Gasteiger partial charge in [-0.2, -0.15) is 10.4 Å². The average molecular weight is 306 g/mol. The molecule has 1 aromatic carbocycles. The summed E-state index contributed by atoms with van der Waals surface area (Å²) in [5.41, 5.74) is 1.29. The number of aromatic nitrogens is 2. The van der Waals surface area contributed by atoms with Crippen molar-refractivity contribution in [1.82, 2.24) is 9.78 Å². The molecule has 5 heteroatoms. The summed E-state index contributed by atoms with van der Waals surface area (Å²) in [6.07, 6.45) is 3.51. The predicted octanol–water partition coefficient (Wildman–Crippen LogP) is 3.29. The third kappa shape index (κ3) is 2.71. The molecular weight excluding hydrogens is 294 g/mol. The van der Waals surface area contributed by atoms with E-state index in [2.05, 4.69) is 27.1 Å². The van der Waals surface area contributed by atoms with Crippen molar-refractivity contribution >= 4 is 15.9 Å². The number of rotatable bonds is 3. The van der Waals surface area contributed by atoms with Gasteiger partial charge >= 0.3 is 0 Å². The zero-order valence-electron chi connectivity index (χ0n) is 10.1. The van der Waals surface area contributed by atoms with Gasteiger partial charge < -0.3 is 4.74 Å². The van der Waals surface area contributed by atoms with Crippen LogP contribution in [0, 0.1) is 11.3 Å². The second kappa shape index (κ2) is 5.23. The number of nitrogens with zero attached hydrogens (tertiary/aromatic N) is 3. The highest BCUT2D eigenvalue weighted by Crippen LogP contribution is 2.21. The zero-order valence-corrected chi connectivity index (χ0v) is 11.7. The molecule has 0 N–H and O–H groups in total. The van der Waals surface area contributed by atoms with Crippen molar-refractivity contribution in [2.24, 2.45) is 0 Å². The van der Waals surface area contributed by atoms with E-state index in [-0.39, 0.29) is 6.10 Å². The number of benzene rings is 1. The van der Waals surface area contributed by atoms with Crippen molar-refractivity contribution in [3.8, 4) is 17.5 Å². The summed E-state index contributed by atoms with van der Waals surface area (Å²) < 4.78 is 8.08. The first kappa shape index (κ1) is 12.7. The maximum atomic E-state index is 9.09. The molecule has 0 saturated heterocycles. The van der Waals surface area contributed by atoms with Crippen LogP contribution in [0.15, 0.2) is 35.1 Å². The fraction of sp³-hybridized carbons (Fsp3) is 0.231. The van der Waals surface area contributed by atoms with Gasteiger partial charge in [-0.15, -0.1) is 0 Å². The normalized spacial score (nSPS) is 10.4. The monoisotopic (exact) mass is 305 g/mol. The Labute approximate surface area is 114 Å². The Bertz CT molecular complexity index is 599. The van der Waals surface area contributed by atoms with Crippen LogP contribution in [0.2, 0.25) is 0 Å². The van der Waals surface area contributed by atoms with Crippen molar-refractivity contribution < 1.29 is 4.74 Å². The Balaban J connectivity index is 2.40. The molecular formula is C13H12BrN3O. The molecule has 0 bridgehead atoms. The number of hydrogen-bond acceptors (Lipinski definition) is 3. The lowest BCUT2D eigenvalue weighted by Crippen LogP contribution is -2.04. The van der Waals surface area contributed by atoms with Crippen LogP contribution in [-0.4, -0.2) is 15.9 Å². The second-order valence-electron chi connectivity index (χ2n) is 4.06. The van der Waals surface area contributed by atoms with E-state index >= 15 is 0 Å². The van der Waals surface area contributed by atoms with Crippen molar-refractivity contribution in [3.05, 3.63) is 40.6 Å². The van der Waals surface area contributed by atoms with Crippen LogP contribution >= 0.6 is 15.9 Å². The Morgan fingerprint density at radius 2 is 2.22 bits per heavy atom. The molecule has 0 atom stereocenters.